The second kappa shape index (κ2) is 8.14. The van der Waals surface area contributed by atoms with Crippen molar-refractivity contribution in [1.82, 2.24) is 9.97 Å². The smallest absolute Gasteiger partial charge is 0.158 e. The van der Waals surface area contributed by atoms with Crippen molar-refractivity contribution in [1.29, 1.82) is 0 Å². The molecule has 21 heavy (non-hydrogen) atoms. The predicted molar refractivity (Wildman–Crippen MR) is 83.8 cm³/mol. The molecule has 0 saturated carbocycles. The first-order valence-electron chi connectivity index (χ1n) is 7.70. The minimum absolute atomic E-state index is 0.223. The average molecular weight is 294 g/mol. The van der Waals surface area contributed by atoms with Crippen LogP contribution in [0, 0.1) is 0 Å². The molecule has 6 nitrogen and oxygen atoms in total. The van der Waals surface area contributed by atoms with Crippen molar-refractivity contribution in [2.45, 2.75) is 39.4 Å². The second-order valence-corrected chi connectivity index (χ2v) is 5.37. The van der Waals surface area contributed by atoms with E-state index in [1.807, 2.05) is 6.07 Å². The Bertz CT molecular complexity index is 442. The highest BCUT2D eigenvalue weighted by Gasteiger charge is 2.18. The molecule has 0 spiro atoms. The number of nitrogens with zero attached hydrogens (tertiary/aromatic N) is 3. The molecule has 0 amide bonds. The summed E-state index contributed by atoms with van der Waals surface area (Å²) >= 11 is 0. The zero-order valence-electron chi connectivity index (χ0n) is 13.3. The van der Waals surface area contributed by atoms with Crippen LogP contribution in [-0.2, 0) is 16.1 Å². The lowest BCUT2D eigenvalue weighted by Gasteiger charge is -2.24. The van der Waals surface area contributed by atoms with E-state index in [2.05, 4.69) is 34.0 Å². The number of ether oxygens (including phenoxy) is 2. The second-order valence-electron chi connectivity index (χ2n) is 5.37. The predicted octanol–water partition coefficient (Wildman–Crippen LogP) is 2.06. The Morgan fingerprint density at radius 1 is 1.48 bits per heavy atom. The van der Waals surface area contributed by atoms with Gasteiger partial charge in [-0.25, -0.2) is 9.97 Å². The normalized spacial score (nSPS) is 19.4. The minimum Gasteiger partial charge on any atom is -0.377 e. The van der Waals surface area contributed by atoms with Gasteiger partial charge in [-0.05, 0) is 19.8 Å². The van der Waals surface area contributed by atoms with E-state index in [9.17, 15) is 0 Å². The Morgan fingerprint density at radius 2 is 2.33 bits per heavy atom. The number of nitrogens with one attached hydrogen (secondary N) is 1. The van der Waals surface area contributed by atoms with Crippen molar-refractivity contribution in [3.8, 4) is 0 Å². The molecule has 0 aliphatic carbocycles. The molecular formula is C15H26N4O2. The van der Waals surface area contributed by atoms with E-state index in [-0.39, 0.29) is 6.10 Å². The third-order valence-electron chi connectivity index (χ3n) is 3.36. The van der Waals surface area contributed by atoms with Crippen LogP contribution >= 0.6 is 0 Å². The highest BCUT2D eigenvalue weighted by molar-refractivity contribution is 5.49. The van der Waals surface area contributed by atoms with E-state index in [0.717, 1.165) is 50.7 Å². The van der Waals surface area contributed by atoms with E-state index in [4.69, 9.17) is 9.47 Å². The number of rotatable bonds is 6. The number of anilines is 2. The summed E-state index contributed by atoms with van der Waals surface area (Å²) in [5.74, 6) is 2.53. The molecule has 118 valence electrons. The van der Waals surface area contributed by atoms with Crippen molar-refractivity contribution in [2.75, 3.05) is 43.6 Å². The zero-order valence-corrected chi connectivity index (χ0v) is 13.3. The number of methoxy groups -OCH3 is 1. The van der Waals surface area contributed by atoms with Gasteiger partial charge in [-0.15, -0.1) is 0 Å². The van der Waals surface area contributed by atoms with Gasteiger partial charge in [0.25, 0.3) is 0 Å². The summed E-state index contributed by atoms with van der Waals surface area (Å²) < 4.78 is 10.9. The zero-order chi connectivity index (χ0) is 15.1. The van der Waals surface area contributed by atoms with Gasteiger partial charge in [-0.1, -0.05) is 6.92 Å². The lowest BCUT2D eigenvalue weighted by atomic mass is 10.3. The van der Waals surface area contributed by atoms with Crippen molar-refractivity contribution >= 4 is 11.6 Å². The summed E-state index contributed by atoms with van der Waals surface area (Å²) in [6, 6.07) is 2.02. The molecule has 1 aromatic heterocycles. The van der Waals surface area contributed by atoms with E-state index in [1.54, 1.807) is 7.11 Å². The van der Waals surface area contributed by atoms with Crippen LogP contribution in [0.25, 0.3) is 0 Å². The molecule has 2 rings (SSSR count). The molecule has 1 unspecified atom stereocenters. The van der Waals surface area contributed by atoms with Gasteiger partial charge in [0, 0.05) is 39.4 Å². The van der Waals surface area contributed by atoms with Gasteiger partial charge >= 0.3 is 0 Å². The monoisotopic (exact) mass is 294 g/mol. The van der Waals surface area contributed by atoms with Gasteiger partial charge in [0.1, 0.15) is 18.2 Å². The van der Waals surface area contributed by atoms with E-state index in [1.165, 1.54) is 0 Å². The van der Waals surface area contributed by atoms with Gasteiger partial charge in [0.2, 0.25) is 0 Å². The molecule has 1 aliphatic rings. The summed E-state index contributed by atoms with van der Waals surface area (Å²) in [5.41, 5.74) is 0. The fourth-order valence-electron chi connectivity index (χ4n) is 2.38. The quantitative estimate of drug-likeness (QED) is 0.866. The molecule has 0 aromatic carbocycles. The molecule has 1 fully saturated rings. The van der Waals surface area contributed by atoms with Gasteiger partial charge in [0.05, 0.1) is 6.10 Å². The topological polar surface area (TPSA) is 59.5 Å². The highest BCUT2D eigenvalue weighted by Crippen LogP contribution is 2.19. The Kier molecular flexibility index (Phi) is 6.20. The van der Waals surface area contributed by atoms with Gasteiger partial charge in [-0.2, -0.15) is 0 Å². The molecule has 2 heterocycles. The minimum atomic E-state index is 0.223. The Morgan fingerprint density at radius 3 is 3.10 bits per heavy atom. The van der Waals surface area contributed by atoms with Crippen molar-refractivity contribution in [3.05, 3.63) is 11.9 Å². The van der Waals surface area contributed by atoms with Gasteiger partial charge in [-0.3, -0.25) is 0 Å². The number of hydrogen-bond acceptors (Lipinski definition) is 6. The molecule has 1 atom stereocenters. The maximum absolute atomic E-state index is 5.70. The molecule has 1 aliphatic heterocycles. The van der Waals surface area contributed by atoms with Crippen molar-refractivity contribution < 1.29 is 9.47 Å². The fraction of sp³-hybridized carbons (Fsp3) is 0.733. The lowest BCUT2D eigenvalue weighted by Crippen LogP contribution is -2.31. The summed E-state index contributed by atoms with van der Waals surface area (Å²) in [7, 11) is 1.66. The summed E-state index contributed by atoms with van der Waals surface area (Å²) in [6.45, 7) is 8.20. The summed E-state index contributed by atoms with van der Waals surface area (Å²) in [6.07, 6.45) is 2.31. The van der Waals surface area contributed by atoms with Crippen LogP contribution in [0.4, 0.5) is 11.6 Å². The van der Waals surface area contributed by atoms with Crippen LogP contribution in [0.5, 0.6) is 0 Å². The SMILES string of the molecule is CCCNc1cc(N2CCCOC(C)C2)nc(COC)n1. The van der Waals surface area contributed by atoms with Crippen LogP contribution < -0.4 is 10.2 Å². The first-order valence-corrected chi connectivity index (χ1v) is 7.70. The Labute approximate surface area is 126 Å². The number of aromatic nitrogens is 2. The van der Waals surface area contributed by atoms with Crippen LogP contribution in [0.2, 0.25) is 0 Å². The van der Waals surface area contributed by atoms with Gasteiger partial charge < -0.3 is 19.7 Å². The van der Waals surface area contributed by atoms with E-state index >= 15 is 0 Å². The standard InChI is InChI=1S/C15H26N4O2/c1-4-6-16-13-9-15(18-14(17-13)11-20-3)19-7-5-8-21-12(2)10-19/h9,12H,4-8,10-11H2,1-3H3,(H,16,17,18). The Hall–Kier alpha value is -1.40. The first-order chi connectivity index (χ1) is 10.2. The average Bonchev–Trinajstić information content (AvgIpc) is 2.70. The van der Waals surface area contributed by atoms with Gasteiger partial charge in [0.15, 0.2) is 5.82 Å². The molecule has 1 N–H and O–H groups in total. The summed E-state index contributed by atoms with van der Waals surface area (Å²) in [5, 5.41) is 3.33. The van der Waals surface area contributed by atoms with Crippen LogP contribution in [0.15, 0.2) is 6.07 Å². The van der Waals surface area contributed by atoms with Crippen LogP contribution in [-0.4, -0.2) is 49.4 Å². The molecular weight excluding hydrogens is 268 g/mol. The van der Waals surface area contributed by atoms with E-state index in [0.29, 0.717) is 12.4 Å². The van der Waals surface area contributed by atoms with Crippen LogP contribution in [0.3, 0.4) is 0 Å². The third-order valence-corrected chi connectivity index (χ3v) is 3.36. The molecule has 0 bridgehead atoms. The van der Waals surface area contributed by atoms with Crippen LogP contribution in [0.1, 0.15) is 32.5 Å². The molecule has 0 radical (unpaired) electrons. The molecule has 1 aromatic rings. The summed E-state index contributed by atoms with van der Waals surface area (Å²) in [4.78, 5) is 11.4. The maximum Gasteiger partial charge on any atom is 0.158 e. The highest BCUT2D eigenvalue weighted by atomic mass is 16.5. The first kappa shape index (κ1) is 16.0. The number of hydrogen-bond donors (Lipinski definition) is 1. The molecule has 6 heteroatoms. The Balaban J connectivity index is 2.20. The maximum atomic E-state index is 5.70. The third kappa shape index (κ3) is 4.82. The van der Waals surface area contributed by atoms with Crippen molar-refractivity contribution in [2.24, 2.45) is 0 Å². The van der Waals surface area contributed by atoms with Crippen molar-refractivity contribution in [3.63, 3.8) is 0 Å². The van der Waals surface area contributed by atoms with E-state index < -0.39 is 0 Å². The lowest BCUT2D eigenvalue weighted by molar-refractivity contribution is 0.0820. The molecule has 1 saturated heterocycles. The largest absolute Gasteiger partial charge is 0.377 e. The fourth-order valence-corrected chi connectivity index (χ4v) is 2.38.